The van der Waals surface area contributed by atoms with Crippen molar-refractivity contribution in [1.29, 1.82) is 0 Å². The van der Waals surface area contributed by atoms with E-state index in [4.69, 9.17) is 4.74 Å². The molecule has 0 aromatic carbocycles. The van der Waals surface area contributed by atoms with Crippen LogP contribution < -0.4 is 5.32 Å². The Morgan fingerprint density at radius 1 is 1.33 bits per heavy atom. The molecule has 2 aromatic rings. The molecular weight excluding hydrogens is 266 g/mol. The molecule has 2 heterocycles. The van der Waals surface area contributed by atoms with Gasteiger partial charge in [0.25, 0.3) is 0 Å². The normalized spacial score (nSPS) is 11.3. The first-order chi connectivity index (χ1) is 10.1. The molecule has 0 spiro atoms. The van der Waals surface area contributed by atoms with Gasteiger partial charge in [-0.25, -0.2) is 4.98 Å². The van der Waals surface area contributed by atoms with Gasteiger partial charge in [0.2, 0.25) is 5.95 Å². The Labute approximate surface area is 126 Å². The molecule has 1 N–H and O–H groups in total. The quantitative estimate of drug-likeness (QED) is 0.759. The van der Waals surface area contributed by atoms with Crippen molar-refractivity contribution in [3.05, 3.63) is 24.3 Å². The Hall–Kier alpha value is -1.82. The Balaban J connectivity index is 2.01. The van der Waals surface area contributed by atoms with Crippen molar-refractivity contribution in [3.8, 4) is 0 Å². The third-order valence-corrected chi connectivity index (χ3v) is 3.18. The van der Waals surface area contributed by atoms with E-state index in [0.29, 0.717) is 6.04 Å². The van der Waals surface area contributed by atoms with Crippen LogP contribution in [0.5, 0.6) is 0 Å². The maximum atomic E-state index is 5.38. The van der Waals surface area contributed by atoms with Crippen LogP contribution in [0, 0.1) is 6.92 Å². The molecule has 0 amide bonds. The highest BCUT2D eigenvalue weighted by atomic mass is 16.5. The van der Waals surface area contributed by atoms with E-state index in [-0.39, 0.29) is 0 Å². The lowest BCUT2D eigenvalue weighted by atomic mass is 10.4. The highest BCUT2D eigenvalue weighted by Gasteiger charge is 2.08. The number of aryl methyl sites for hydroxylation is 2. The van der Waals surface area contributed by atoms with Crippen LogP contribution in [0.2, 0.25) is 0 Å². The zero-order chi connectivity index (χ0) is 15.2. The number of imidazole rings is 1. The number of hydrogen-bond donors (Lipinski definition) is 1. The lowest BCUT2D eigenvalue weighted by Crippen LogP contribution is -2.05. The first-order valence-electron chi connectivity index (χ1n) is 7.53. The van der Waals surface area contributed by atoms with Gasteiger partial charge in [-0.05, 0) is 34.1 Å². The molecule has 2 aromatic heterocycles. The van der Waals surface area contributed by atoms with Crippen LogP contribution >= 0.6 is 0 Å². The van der Waals surface area contributed by atoms with Gasteiger partial charge >= 0.3 is 0 Å². The molecule has 21 heavy (non-hydrogen) atoms. The highest BCUT2D eigenvalue weighted by Crippen LogP contribution is 2.17. The minimum Gasteiger partial charge on any atom is -0.382 e. The number of nitrogens with one attached hydrogen (secondary N) is 1. The molecule has 0 aliphatic rings. The van der Waals surface area contributed by atoms with Crippen LogP contribution in [0.15, 0.2) is 18.6 Å². The van der Waals surface area contributed by atoms with Gasteiger partial charge in [0.05, 0.1) is 17.6 Å². The molecule has 0 bridgehead atoms. The number of nitrogens with zero attached hydrogens (tertiary/aromatic N) is 4. The molecule has 0 radical (unpaired) electrons. The minimum atomic E-state index is 0.355. The highest BCUT2D eigenvalue weighted by molar-refractivity contribution is 5.51. The smallest absolute Gasteiger partial charge is 0.207 e. The number of anilines is 2. The molecule has 0 saturated heterocycles. The molecule has 0 aliphatic carbocycles. The second-order valence-electron chi connectivity index (χ2n) is 5.38. The maximum Gasteiger partial charge on any atom is 0.207 e. The summed E-state index contributed by atoms with van der Waals surface area (Å²) in [4.78, 5) is 4.53. The van der Waals surface area contributed by atoms with Crippen molar-refractivity contribution in [1.82, 2.24) is 19.3 Å². The van der Waals surface area contributed by atoms with Crippen molar-refractivity contribution >= 4 is 11.6 Å². The van der Waals surface area contributed by atoms with Gasteiger partial charge in [-0.3, -0.25) is 4.68 Å². The zero-order valence-corrected chi connectivity index (χ0v) is 13.3. The molecule has 6 nitrogen and oxygen atoms in total. The average molecular weight is 291 g/mol. The van der Waals surface area contributed by atoms with Gasteiger partial charge < -0.3 is 14.6 Å². The molecule has 6 heteroatoms. The third-order valence-electron chi connectivity index (χ3n) is 3.18. The predicted molar refractivity (Wildman–Crippen MR) is 84.0 cm³/mol. The predicted octanol–water partition coefficient (Wildman–Crippen LogP) is 3.14. The van der Waals surface area contributed by atoms with Gasteiger partial charge in [-0.1, -0.05) is 0 Å². The summed E-state index contributed by atoms with van der Waals surface area (Å²) in [7, 11) is 0. The van der Waals surface area contributed by atoms with Crippen molar-refractivity contribution < 1.29 is 4.74 Å². The van der Waals surface area contributed by atoms with Gasteiger partial charge in [-0.2, -0.15) is 5.10 Å². The third kappa shape index (κ3) is 4.32. The maximum absolute atomic E-state index is 5.38. The fraction of sp³-hybridized carbons (Fsp3) is 0.600. The van der Waals surface area contributed by atoms with E-state index in [2.05, 4.69) is 40.0 Å². The zero-order valence-electron chi connectivity index (χ0n) is 13.3. The lowest BCUT2D eigenvalue weighted by molar-refractivity contribution is 0.142. The van der Waals surface area contributed by atoms with E-state index in [1.54, 1.807) is 0 Å². The summed E-state index contributed by atoms with van der Waals surface area (Å²) in [5.41, 5.74) is 1.96. The first-order valence-corrected chi connectivity index (χ1v) is 7.53. The Kier molecular flexibility index (Phi) is 5.38. The molecule has 0 unspecified atom stereocenters. The Morgan fingerprint density at radius 3 is 2.81 bits per heavy atom. The van der Waals surface area contributed by atoms with E-state index >= 15 is 0 Å². The van der Waals surface area contributed by atoms with Gasteiger partial charge in [0, 0.05) is 38.2 Å². The number of rotatable bonds is 8. The van der Waals surface area contributed by atoms with Gasteiger partial charge in [-0.15, -0.1) is 0 Å². The molecule has 0 fully saturated rings. The summed E-state index contributed by atoms with van der Waals surface area (Å²) in [5, 5.41) is 7.67. The van der Waals surface area contributed by atoms with Crippen molar-refractivity contribution in [3.63, 3.8) is 0 Å². The second kappa shape index (κ2) is 7.26. The van der Waals surface area contributed by atoms with E-state index in [0.717, 1.165) is 43.5 Å². The number of hydrogen-bond acceptors (Lipinski definition) is 4. The van der Waals surface area contributed by atoms with E-state index in [1.807, 2.05) is 30.9 Å². The average Bonchev–Trinajstić information content (AvgIpc) is 3.03. The Bertz CT molecular complexity index is 558. The SMILES string of the molecule is CCOCCCn1cc(C)nc1Nc1cnn(C(C)C)c1. The van der Waals surface area contributed by atoms with Crippen LogP contribution in [0.4, 0.5) is 11.6 Å². The Morgan fingerprint density at radius 2 is 2.14 bits per heavy atom. The van der Waals surface area contributed by atoms with E-state index < -0.39 is 0 Å². The fourth-order valence-corrected chi connectivity index (χ4v) is 2.11. The summed E-state index contributed by atoms with van der Waals surface area (Å²) < 4.78 is 9.44. The first kappa shape index (κ1) is 15.6. The van der Waals surface area contributed by atoms with Crippen molar-refractivity contribution in [2.45, 2.75) is 46.7 Å². The fourth-order valence-electron chi connectivity index (χ4n) is 2.11. The summed E-state index contributed by atoms with van der Waals surface area (Å²) >= 11 is 0. The monoisotopic (exact) mass is 291 g/mol. The van der Waals surface area contributed by atoms with Gasteiger partial charge in [0.1, 0.15) is 0 Å². The summed E-state index contributed by atoms with van der Waals surface area (Å²) in [6.45, 7) is 10.7. The summed E-state index contributed by atoms with van der Waals surface area (Å²) in [6, 6.07) is 0.355. The topological polar surface area (TPSA) is 56.9 Å². The van der Waals surface area contributed by atoms with Crippen LogP contribution in [0.1, 0.15) is 38.9 Å². The van der Waals surface area contributed by atoms with Crippen LogP contribution in [-0.2, 0) is 11.3 Å². The largest absolute Gasteiger partial charge is 0.382 e. The molecule has 0 atom stereocenters. The van der Waals surface area contributed by atoms with Crippen molar-refractivity contribution in [2.75, 3.05) is 18.5 Å². The summed E-state index contributed by atoms with van der Waals surface area (Å²) in [6.07, 6.45) is 6.86. The van der Waals surface area contributed by atoms with E-state index in [1.165, 1.54) is 0 Å². The minimum absolute atomic E-state index is 0.355. The molecular formula is C15H25N5O. The molecule has 116 valence electrons. The standard InChI is InChI=1S/C15H25N5O/c1-5-21-8-6-7-19-10-13(4)17-15(19)18-14-9-16-20(11-14)12(2)3/h9-12H,5-8H2,1-4H3,(H,17,18). The summed E-state index contributed by atoms with van der Waals surface area (Å²) in [5.74, 6) is 0.854. The molecule has 0 aliphatic heterocycles. The van der Waals surface area contributed by atoms with Crippen molar-refractivity contribution in [2.24, 2.45) is 0 Å². The van der Waals surface area contributed by atoms with Gasteiger partial charge in [0.15, 0.2) is 0 Å². The van der Waals surface area contributed by atoms with Crippen LogP contribution in [0.3, 0.4) is 0 Å². The number of aromatic nitrogens is 4. The van der Waals surface area contributed by atoms with Crippen LogP contribution in [0.25, 0.3) is 0 Å². The lowest BCUT2D eigenvalue weighted by Gasteiger charge is -2.08. The van der Waals surface area contributed by atoms with E-state index in [9.17, 15) is 0 Å². The number of ether oxygens (including phenoxy) is 1. The second-order valence-corrected chi connectivity index (χ2v) is 5.38. The van der Waals surface area contributed by atoms with Crippen LogP contribution in [-0.4, -0.2) is 32.5 Å². The molecule has 2 rings (SSSR count). The molecule has 0 saturated carbocycles.